The van der Waals surface area contributed by atoms with E-state index in [1.165, 1.54) is 12.0 Å². The number of benzene rings is 2. The second-order valence-electron chi connectivity index (χ2n) is 8.73. The van der Waals surface area contributed by atoms with Gasteiger partial charge in [0, 0.05) is 57.5 Å². The van der Waals surface area contributed by atoms with Crippen molar-refractivity contribution in [2.24, 2.45) is 0 Å². The highest BCUT2D eigenvalue weighted by Gasteiger charge is 2.31. The Morgan fingerprint density at radius 3 is 2.41 bits per heavy atom. The van der Waals surface area contributed by atoms with E-state index >= 15 is 0 Å². The van der Waals surface area contributed by atoms with Gasteiger partial charge in [-0.2, -0.15) is 0 Å². The lowest BCUT2D eigenvalue weighted by molar-refractivity contribution is -0.145. The summed E-state index contributed by atoms with van der Waals surface area (Å²) in [6.45, 7) is 8.42. The first kappa shape index (κ1) is 24.0. The number of nitrogens with zero attached hydrogens (tertiary/aromatic N) is 3. The van der Waals surface area contributed by atoms with Gasteiger partial charge in [0.1, 0.15) is 5.75 Å². The largest absolute Gasteiger partial charge is 0.482 e. The Labute approximate surface area is 201 Å². The lowest BCUT2D eigenvalue weighted by Crippen LogP contribution is -2.53. The predicted octanol–water partition coefficient (Wildman–Crippen LogP) is 3.05. The average Bonchev–Trinajstić information content (AvgIpc) is 3.33. The molecular formula is C26H34N4O4. The van der Waals surface area contributed by atoms with Gasteiger partial charge in [-0.05, 0) is 43.2 Å². The molecule has 2 fully saturated rings. The quantitative estimate of drug-likeness (QED) is 0.603. The topological polar surface area (TPSA) is 74.3 Å². The van der Waals surface area contributed by atoms with Crippen molar-refractivity contribution in [1.82, 2.24) is 14.7 Å². The van der Waals surface area contributed by atoms with Crippen LogP contribution in [-0.2, 0) is 16.1 Å². The Kier molecular flexibility index (Phi) is 8.38. The number of esters is 1. The van der Waals surface area contributed by atoms with E-state index in [1.807, 2.05) is 4.90 Å². The summed E-state index contributed by atoms with van der Waals surface area (Å²) in [4.78, 5) is 31.0. The molecule has 2 aromatic carbocycles. The third-order valence-corrected chi connectivity index (χ3v) is 6.38. The van der Waals surface area contributed by atoms with Crippen LogP contribution in [0.5, 0.6) is 5.75 Å². The summed E-state index contributed by atoms with van der Waals surface area (Å²) < 4.78 is 10.2. The molecule has 2 aliphatic rings. The number of ether oxygens (including phenoxy) is 2. The molecular weight excluding hydrogens is 432 g/mol. The second-order valence-corrected chi connectivity index (χ2v) is 8.73. The van der Waals surface area contributed by atoms with Gasteiger partial charge in [0.05, 0.1) is 6.61 Å². The molecule has 0 spiro atoms. The van der Waals surface area contributed by atoms with Gasteiger partial charge < -0.3 is 19.7 Å². The molecule has 0 bridgehead atoms. The highest BCUT2D eigenvalue weighted by molar-refractivity contribution is 5.89. The minimum Gasteiger partial charge on any atom is -0.482 e. The smallest absolute Gasteiger partial charge is 0.344 e. The molecule has 2 saturated heterocycles. The third kappa shape index (κ3) is 6.71. The molecule has 34 heavy (non-hydrogen) atoms. The predicted molar refractivity (Wildman–Crippen MR) is 131 cm³/mol. The van der Waals surface area contributed by atoms with E-state index in [0.29, 0.717) is 24.1 Å². The molecule has 8 heteroatoms. The van der Waals surface area contributed by atoms with Crippen LogP contribution < -0.4 is 10.1 Å². The van der Waals surface area contributed by atoms with Gasteiger partial charge in [0.15, 0.2) is 6.61 Å². The molecule has 182 valence electrons. The van der Waals surface area contributed by atoms with Crippen LogP contribution in [-0.4, -0.2) is 85.2 Å². The van der Waals surface area contributed by atoms with E-state index in [1.54, 1.807) is 31.2 Å². The summed E-state index contributed by atoms with van der Waals surface area (Å²) >= 11 is 0. The van der Waals surface area contributed by atoms with Gasteiger partial charge in [-0.25, -0.2) is 9.59 Å². The van der Waals surface area contributed by atoms with Crippen LogP contribution in [0.2, 0.25) is 0 Å². The summed E-state index contributed by atoms with van der Waals surface area (Å²) in [5, 5.41) is 2.96. The summed E-state index contributed by atoms with van der Waals surface area (Å²) in [7, 11) is 0. The number of piperazine rings is 1. The fraction of sp³-hybridized carbons (Fsp3) is 0.462. The number of anilines is 1. The molecule has 1 unspecified atom stereocenters. The second kappa shape index (κ2) is 11.9. The van der Waals surface area contributed by atoms with E-state index in [2.05, 4.69) is 45.4 Å². The first-order chi connectivity index (χ1) is 16.6. The van der Waals surface area contributed by atoms with Crippen molar-refractivity contribution < 1.29 is 19.1 Å². The van der Waals surface area contributed by atoms with Crippen LogP contribution in [0.4, 0.5) is 10.5 Å². The zero-order valence-electron chi connectivity index (χ0n) is 19.8. The van der Waals surface area contributed by atoms with E-state index in [9.17, 15) is 9.59 Å². The standard InChI is InChI=1S/C26H34N4O4/c1-2-33-25(31)20-34-24-10-8-22(9-11-24)27-26(32)30-16-14-29(15-17-30)23-12-13-28(19-23)18-21-6-4-3-5-7-21/h3-11,23H,2,12-20H2,1H3,(H,27,32). The van der Waals surface area contributed by atoms with Crippen molar-refractivity contribution in [3.63, 3.8) is 0 Å². The van der Waals surface area contributed by atoms with Crippen molar-refractivity contribution in [3.8, 4) is 5.75 Å². The number of amides is 2. The molecule has 8 nitrogen and oxygen atoms in total. The lowest BCUT2D eigenvalue weighted by atomic mass is 10.2. The Morgan fingerprint density at radius 1 is 0.971 bits per heavy atom. The molecule has 2 aromatic rings. The van der Waals surface area contributed by atoms with Crippen molar-refractivity contribution in [1.29, 1.82) is 0 Å². The monoisotopic (exact) mass is 466 g/mol. The zero-order valence-corrected chi connectivity index (χ0v) is 19.8. The lowest BCUT2D eigenvalue weighted by Gasteiger charge is -2.38. The normalized spacial score (nSPS) is 19.1. The molecule has 0 aliphatic carbocycles. The SMILES string of the molecule is CCOC(=O)COc1ccc(NC(=O)N2CCN(C3CCN(Cc4ccccc4)C3)CC2)cc1. The fourth-order valence-corrected chi connectivity index (χ4v) is 4.57. The van der Waals surface area contributed by atoms with E-state index in [4.69, 9.17) is 9.47 Å². The van der Waals surface area contributed by atoms with Gasteiger partial charge in [0.25, 0.3) is 0 Å². The average molecular weight is 467 g/mol. The van der Waals surface area contributed by atoms with Gasteiger partial charge in [0.2, 0.25) is 0 Å². The van der Waals surface area contributed by atoms with Crippen LogP contribution in [0.1, 0.15) is 18.9 Å². The maximum absolute atomic E-state index is 12.7. The molecule has 2 amide bonds. The maximum atomic E-state index is 12.7. The van der Waals surface area contributed by atoms with Crippen molar-refractivity contribution >= 4 is 17.7 Å². The van der Waals surface area contributed by atoms with E-state index < -0.39 is 5.97 Å². The van der Waals surface area contributed by atoms with Gasteiger partial charge in [-0.15, -0.1) is 0 Å². The van der Waals surface area contributed by atoms with Crippen molar-refractivity contribution in [3.05, 3.63) is 60.2 Å². The Balaban J connectivity index is 1.18. The number of urea groups is 1. The third-order valence-electron chi connectivity index (χ3n) is 6.38. The molecule has 2 aliphatic heterocycles. The first-order valence-electron chi connectivity index (χ1n) is 12.1. The molecule has 0 saturated carbocycles. The highest BCUT2D eigenvalue weighted by atomic mass is 16.6. The highest BCUT2D eigenvalue weighted by Crippen LogP contribution is 2.20. The Morgan fingerprint density at radius 2 is 1.71 bits per heavy atom. The summed E-state index contributed by atoms with van der Waals surface area (Å²) in [6.07, 6.45) is 1.18. The fourth-order valence-electron chi connectivity index (χ4n) is 4.57. The summed E-state index contributed by atoms with van der Waals surface area (Å²) in [6, 6.07) is 18.1. The molecule has 1 atom stereocenters. The van der Waals surface area contributed by atoms with E-state index in [0.717, 1.165) is 45.8 Å². The minimum atomic E-state index is -0.402. The van der Waals surface area contributed by atoms with Gasteiger partial charge >= 0.3 is 12.0 Å². The number of nitrogens with one attached hydrogen (secondary N) is 1. The van der Waals surface area contributed by atoms with E-state index in [-0.39, 0.29) is 12.6 Å². The zero-order chi connectivity index (χ0) is 23.8. The Bertz CT molecular complexity index is 930. The Hall–Kier alpha value is -3.10. The van der Waals surface area contributed by atoms with Gasteiger partial charge in [-0.3, -0.25) is 9.80 Å². The molecule has 0 aromatic heterocycles. The number of carbonyl (C=O) groups is 2. The molecule has 2 heterocycles. The van der Waals surface area contributed by atoms with Crippen LogP contribution >= 0.6 is 0 Å². The maximum Gasteiger partial charge on any atom is 0.344 e. The molecule has 1 N–H and O–H groups in total. The number of carbonyl (C=O) groups excluding carboxylic acids is 2. The number of rotatable bonds is 8. The number of hydrogen-bond donors (Lipinski definition) is 1. The van der Waals surface area contributed by atoms with Crippen LogP contribution in [0, 0.1) is 0 Å². The van der Waals surface area contributed by atoms with Gasteiger partial charge in [-0.1, -0.05) is 30.3 Å². The summed E-state index contributed by atoms with van der Waals surface area (Å²) in [5.74, 6) is 0.151. The van der Waals surface area contributed by atoms with Crippen LogP contribution in [0.15, 0.2) is 54.6 Å². The number of likely N-dealkylation sites (tertiary alicyclic amines) is 1. The number of hydrogen-bond acceptors (Lipinski definition) is 6. The summed E-state index contributed by atoms with van der Waals surface area (Å²) in [5.41, 5.74) is 2.06. The van der Waals surface area contributed by atoms with Crippen molar-refractivity contribution in [2.75, 3.05) is 57.8 Å². The van der Waals surface area contributed by atoms with Crippen molar-refractivity contribution in [2.45, 2.75) is 25.9 Å². The molecule has 0 radical (unpaired) electrons. The minimum absolute atomic E-state index is 0.0861. The molecule has 4 rings (SSSR count). The van der Waals surface area contributed by atoms with Crippen LogP contribution in [0.3, 0.4) is 0 Å². The first-order valence-corrected chi connectivity index (χ1v) is 12.1. The van der Waals surface area contributed by atoms with Crippen LogP contribution in [0.25, 0.3) is 0 Å².